The maximum atomic E-state index is 15.3. The highest BCUT2D eigenvalue weighted by Crippen LogP contribution is 2.38. The van der Waals surface area contributed by atoms with Gasteiger partial charge in [-0.05, 0) is 25.0 Å². The summed E-state index contributed by atoms with van der Waals surface area (Å²) in [5.74, 6) is -6.19. The fourth-order valence-corrected chi connectivity index (χ4v) is 5.18. The van der Waals surface area contributed by atoms with Gasteiger partial charge in [0.15, 0.2) is 0 Å². The monoisotopic (exact) mass is 605 g/mol. The number of fused-ring (bicyclic) bond motifs is 1. The molecule has 1 aliphatic heterocycles. The van der Waals surface area contributed by atoms with Crippen LogP contribution in [0.25, 0.3) is 10.9 Å². The molecule has 0 bridgehead atoms. The molecule has 232 valence electrons. The maximum absolute atomic E-state index is 15.3. The second kappa shape index (κ2) is 13.2. The first-order valence-electron chi connectivity index (χ1n) is 13.6. The largest absolute Gasteiger partial charge is 0.480 e. The van der Waals surface area contributed by atoms with E-state index < -0.39 is 66.2 Å². The summed E-state index contributed by atoms with van der Waals surface area (Å²) >= 11 is 0. The summed E-state index contributed by atoms with van der Waals surface area (Å²) in [6, 6.07) is 2.60. The molecule has 16 heteroatoms. The van der Waals surface area contributed by atoms with Gasteiger partial charge >= 0.3 is 23.9 Å². The molecule has 15 nitrogen and oxygen atoms in total. The molecule has 1 aliphatic carbocycles. The molecule has 0 atom stereocenters. The van der Waals surface area contributed by atoms with Crippen LogP contribution in [0.15, 0.2) is 23.1 Å². The molecule has 0 unspecified atom stereocenters. The molecule has 0 spiro atoms. The van der Waals surface area contributed by atoms with Gasteiger partial charge in [-0.3, -0.25) is 33.8 Å². The molecule has 2 aliphatic rings. The number of nitrogens with zero attached hydrogens (tertiary/aromatic N) is 5. The van der Waals surface area contributed by atoms with Crippen LogP contribution in [0.4, 0.5) is 10.1 Å². The minimum Gasteiger partial charge on any atom is -0.480 e. The van der Waals surface area contributed by atoms with E-state index in [-0.39, 0.29) is 62.9 Å². The summed E-state index contributed by atoms with van der Waals surface area (Å²) < 4.78 is 17.0. The molecule has 1 amide bonds. The van der Waals surface area contributed by atoms with Crippen LogP contribution < -0.4 is 10.3 Å². The summed E-state index contributed by atoms with van der Waals surface area (Å²) in [6.45, 7) is -1.25. The van der Waals surface area contributed by atoms with Crippen LogP contribution in [-0.4, -0.2) is 135 Å². The van der Waals surface area contributed by atoms with E-state index in [2.05, 4.69) is 0 Å². The lowest BCUT2D eigenvalue weighted by Gasteiger charge is -2.37. The first-order chi connectivity index (χ1) is 20.3. The molecular formula is C27H32FN5O10. The van der Waals surface area contributed by atoms with Gasteiger partial charge in [0.2, 0.25) is 11.3 Å². The molecule has 1 saturated carbocycles. The first-order valence-corrected chi connectivity index (χ1v) is 13.6. The van der Waals surface area contributed by atoms with E-state index in [1.54, 1.807) is 9.47 Å². The summed E-state index contributed by atoms with van der Waals surface area (Å²) in [4.78, 5) is 76.5. The van der Waals surface area contributed by atoms with E-state index in [1.807, 2.05) is 0 Å². The van der Waals surface area contributed by atoms with Crippen molar-refractivity contribution < 1.29 is 48.8 Å². The number of carbonyl (C=O) groups excluding carboxylic acids is 1. The topological polar surface area (TPSA) is 201 Å². The summed E-state index contributed by atoms with van der Waals surface area (Å²) in [7, 11) is 0. The molecule has 2 aromatic rings. The summed E-state index contributed by atoms with van der Waals surface area (Å²) in [5, 5.41) is 36.7. The van der Waals surface area contributed by atoms with Crippen LogP contribution >= 0.6 is 0 Å². The Bertz CT molecular complexity index is 1480. The third kappa shape index (κ3) is 7.84. The number of carbonyl (C=O) groups is 5. The highest BCUT2D eigenvalue weighted by Gasteiger charge is 2.29. The number of anilines is 1. The summed E-state index contributed by atoms with van der Waals surface area (Å²) in [5.41, 5.74) is -0.551. The molecule has 4 N–H and O–H groups in total. The summed E-state index contributed by atoms with van der Waals surface area (Å²) in [6.07, 6.45) is 2.91. The van der Waals surface area contributed by atoms with E-state index in [0.29, 0.717) is 5.52 Å². The molecule has 1 aromatic heterocycles. The van der Waals surface area contributed by atoms with E-state index in [1.165, 1.54) is 22.1 Å². The zero-order chi connectivity index (χ0) is 31.4. The molecule has 2 heterocycles. The molecule has 0 radical (unpaired) electrons. The molecule has 43 heavy (non-hydrogen) atoms. The van der Waals surface area contributed by atoms with Gasteiger partial charge < -0.3 is 34.8 Å². The van der Waals surface area contributed by atoms with Crippen molar-refractivity contribution in [3.63, 3.8) is 0 Å². The number of carboxylic acid groups (broad SMARTS) is 4. The highest BCUT2D eigenvalue weighted by molar-refractivity contribution is 5.93. The molecular weight excluding hydrogens is 573 g/mol. The zero-order valence-electron chi connectivity index (χ0n) is 23.1. The Balaban J connectivity index is 1.43. The highest BCUT2D eigenvalue weighted by atomic mass is 19.1. The number of aromatic carboxylic acids is 1. The van der Waals surface area contributed by atoms with Gasteiger partial charge in [-0.15, -0.1) is 0 Å². The number of benzene rings is 1. The third-order valence-corrected chi connectivity index (χ3v) is 7.41. The maximum Gasteiger partial charge on any atom is 0.341 e. The van der Waals surface area contributed by atoms with Gasteiger partial charge in [0.05, 0.1) is 37.4 Å². The predicted molar refractivity (Wildman–Crippen MR) is 148 cm³/mol. The Morgan fingerprint density at radius 2 is 1.35 bits per heavy atom. The fraction of sp³-hybridized carbons (Fsp3) is 0.481. The normalized spacial score (nSPS) is 15.3. The number of hydrogen-bond donors (Lipinski definition) is 4. The van der Waals surface area contributed by atoms with E-state index in [0.717, 1.165) is 23.8 Å². The van der Waals surface area contributed by atoms with Gasteiger partial charge in [0.1, 0.15) is 11.4 Å². The first kappa shape index (κ1) is 31.4. The van der Waals surface area contributed by atoms with Crippen LogP contribution in [0.5, 0.6) is 0 Å². The lowest BCUT2D eigenvalue weighted by molar-refractivity contribution is -0.144. The number of pyridine rings is 1. The number of aromatic nitrogens is 1. The molecule has 4 rings (SSSR count). The SMILES string of the molecule is O=C(O)CN(CCN(CC(=O)O)CC(=O)N1CCN(c2cc3c(cc2F)c(=O)c(C(=O)O)cn3C2CC2)CC1)CC(=O)O. The number of piperazine rings is 1. The zero-order valence-corrected chi connectivity index (χ0v) is 23.1. The average Bonchev–Trinajstić information content (AvgIpc) is 3.76. The number of amides is 1. The van der Waals surface area contributed by atoms with E-state index >= 15 is 4.39 Å². The van der Waals surface area contributed by atoms with E-state index in [9.17, 15) is 39.0 Å². The number of rotatable bonds is 14. The Morgan fingerprint density at radius 1 is 0.814 bits per heavy atom. The van der Waals surface area contributed by atoms with Crippen molar-refractivity contribution in [2.24, 2.45) is 0 Å². The lowest BCUT2D eigenvalue weighted by Crippen LogP contribution is -2.52. The smallest absolute Gasteiger partial charge is 0.341 e. The number of carboxylic acids is 4. The Hall–Kier alpha value is -4.57. The van der Waals surface area contributed by atoms with Crippen LogP contribution in [0.1, 0.15) is 29.2 Å². The van der Waals surface area contributed by atoms with Crippen molar-refractivity contribution in [2.45, 2.75) is 18.9 Å². The van der Waals surface area contributed by atoms with Gasteiger partial charge in [0, 0.05) is 56.9 Å². The van der Waals surface area contributed by atoms with Crippen molar-refractivity contribution >= 4 is 46.4 Å². The molecule has 1 aromatic carbocycles. The predicted octanol–water partition coefficient (Wildman–Crippen LogP) is -0.320. The van der Waals surface area contributed by atoms with Crippen molar-refractivity contribution in [1.82, 2.24) is 19.3 Å². The van der Waals surface area contributed by atoms with Gasteiger partial charge in [-0.25, -0.2) is 9.18 Å². The minimum atomic E-state index is -1.38. The Morgan fingerprint density at radius 3 is 1.84 bits per heavy atom. The number of halogens is 1. The van der Waals surface area contributed by atoms with Crippen molar-refractivity contribution in [3.8, 4) is 0 Å². The second-order valence-corrected chi connectivity index (χ2v) is 10.6. The fourth-order valence-electron chi connectivity index (χ4n) is 5.18. The lowest BCUT2D eigenvalue weighted by atomic mass is 10.1. The minimum absolute atomic E-state index is 0.0167. The van der Waals surface area contributed by atoms with Crippen LogP contribution in [-0.2, 0) is 19.2 Å². The Labute approximate surface area is 243 Å². The standard InChI is InChI=1S/C27H32FN5O10/c28-19-9-17-20(33(16-1-2-16)11-18(26(17)41)27(42)43)10-21(19)31-5-7-32(8-6-31)22(34)12-29(13-23(35)36)3-4-30(14-24(37)38)15-25(39)40/h9-11,16H,1-8,12-15H2,(H,35,36)(H,37,38)(H,39,40)(H,42,43). The van der Waals surface area contributed by atoms with Crippen LogP contribution in [0.3, 0.4) is 0 Å². The van der Waals surface area contributed by atoms with E-state index in [4.69, 9.17) is 10.2 Å². The number of hydrogen-bond acceptors (Lipinski definition) is 9. The van der Waals surface area contributed by atoms with Crippen molar-refractivity contribution in [2.75, 3.05) is 70.3 Å². The quantitative estimate of drug-likeness (QED) is 0.218. The van der Waals surface area contributed by atoms with Crippen LogP contribution in [0.2, 0.25) is 0 Å². The van der Waals surface area contributed by atoms with Crippen molar-refractivity contribution in [1.29, 1.82) is 0 Å². The van der Waals surface area contributed by atoms with Gasteiger partial charge in [0.25, 0.3) is 0 Å². The number of aliphatic carboxylic acids is 3. The molecule has 2 fully saturated rings. The van der Waals surface area contributed by atoms with Crippen LogP contribution in [0, 0.1) is 5.82 Å². The molecule has 1 saturated heterocycles. The van der Waals surface area contributed by atoms with Gasteiger partial charge in [-0.2, -0.15) is 0 Å². The second-order valence-electron chi connectivity index (χ2n) is 10.6. The third-order valence-electron chi connectivity index (χ3n) is 7.41. The van der Waals surface area contributed by atoms with Crippen molar-refractivity contribution in [3.05, 3.63) is 39.9 Å². The average molecular weight is 606 g/mol. The van der Waals surface area contributed by atoms with Gasteiger partial charge in [-0.1, -0.05) is 0 Å². The Kier molecular flexibility index (Phi) is 9.60.